The quantitative estimate of drug-likeness (QED) is 0.332. The summed E-state index contributed by atoms with van der Waals surface area (Å²) in [5, 5.41) is 3.59. The molecule has 0 radical (unpaired) electrons. The van der Waals surface area contributed by atoms with E-state index < -0.39 is 33.7 Å². The highest BCUT2D eigenvalue weighted by Crippen LogP contribution is 2.52. The number of fused-ring (bicyclic) bond motifs is 3. The highest BCUT2D eigenvalue weighted by atomic mass is 32.2. The zero-order chi connectivity index (χ0) is 30.4. The summed E-state index contributed by atoms with van der Waals surface area (Å²) in [6, 6.07) is 17.0. The molecule has 2 aliphatic rings. The van der Waals surface area contributed by atoms with Gasteiger partial charge in [0.1, 0.15) is 5.60 Å². The minimum Gasteiger partial charge on any atom is -0.465 e. The van der Waals surface area contributed by atoms with Gasteiger partial charge in [-0.2, -0.15) is 0 Å². The Morgan fingerprint density at radius 3 is 2.33 bits per heavy atom. The summed E-state index contributed by atoms with van der Waals surface area (Å²) < 4.78 is 40.3. The molecule has 9 nitrogen and oxygen atoms in total. The standard InChI is InChI=1S/C32H37N3O6S/c1-19-7-12-23(17-20(19)2)34-42(38,39)24-13-14-27-26(18-24)29-25(15-16-35(29)31(37)41-32(3,4)5)28(33-27)21-8-10-22(11-9-21)30(36)40-6/h7-14,17-18,25,28-29,33-34H,15-16H2,1-6H3/t25-,28?,29-/m0/s1. The maximum Gasteiger partial charge on any atom is 0.410 e. The minimum atomic E-state index is -3.91. The number of ether oxygens (including phenoxy) is 2. The Morgan fingerprint density at radius 2 is 1.69 bits per heavy atom. The van der Waals surface area contributed by atoms with E-state index in [1.807, 2.05) is 52.8 Å². The van der Waals surface area contributed by atoms with E-state index in [0.29, 0.717) is 29.8 Å². The predicted molar refractivity (Wildman–Crippen MR) is 161 cm³/mol. The van der Waals surface area contributed by atoms with Crippen molar-refractivity contribution in [1.82, 2.24) is 4.90 Å². The summed E-state index contributed by atoms with van der Waals surface area (Å²) in [5.74, 6) is -0.485. The molecular weight excluding hydrogens is 554 g/mol. The molecule has 0 bridgehead atoms. The van der Waals surface area contributed by atoms with Crippen LogP contribution < -0.4 is 10.0 Å². The third-order valence-electron chi connectivity index (χ3n) is 7.91. The summed E-state index contributed by atoms with van der Waals surface area (Å²) in [5.41, 5.74) is 4.70. The molecule has 0 aromatic heterocycles. The maximum atomic E-state index is 13.5. The lowest BCUT2D eigenvalue weighted by molar-refractivity contribution is 0.0197. The summed E-state index contributed by atoms with van der Waals surface area (Å²) in [4.78, 5) is 27.2. The maximum absolute atomic E-state index is 13.5. The fourth-order valence-corrected chi connectivity index (χ4v) is 6.83. The molecule has 3 atom stereocenters. The van der Waals surface area contributed by atoms with Crippen molar-refractivity contribution in [2.24, 2.45) is 5.92 Å². The normalized spacial score (nSPS) is 19.8. The molecule has 3 aromatic carbocycles. The van der Waals surface area contributed by atoms with E-state index in [9.17, 15) is 18.0 Å². The van der Waals surface area contributed by atoms with E-state index in [2.05, 4.69) is 10.0 Å². The van der Waals surface area contributed by atoms with E-state index in [1.165, 1.54) is 7.11 Å². The van der Waals surface area contributed by atoms with Crippen LogP contribution in [0, 0.1) is 19.8 Å². The van der Waals surface area contributed by atoms with E-state index in [4.69, 9.17) is 9.47 Å². The summed E-state index contributed by atoms with van der Waals surface area (Å²) in [7, 11) is -2.57. The first-order valence-corrected chi connectivity index (χ1v) is 15.4. The monoisotopic (exact) mass is 591 g/mol. The molecular formula is C32H37N3O6S. The van der Waals surface area contributed by atoms with Crippen LogP contribution in [0.15, 0.2) is 65.6 Å². The van der Waals surface area contributed by atoms with Crippen molar-refractivity contribution in [3.63, 3.8) is 0 Å². The number of carbonyl (C=O) groups excluding carboxylic acids is 2. The molecule has 3 aromatic rings. The summed E-state index contributed by atoms with van der Waals surface area (Å²) in [6.07, 6.45) is 0.238. The zero-order valence-corrected chi connectivity index (χ0v) is 25.5. The van der Waals surface area contributed by atoms with Crippen molar-refractivity contribution in [2.45, 2.75) is 63.6 Å². The first-order valence-electron chi connectivity index (χ1n) is 14.0. The molecule has 0 aliphatic carbocycles. The molecule has 1 saturated heterocycles. The Kier molecular flexibility index (Phi) is 7.70. The third-order valence-corrected chi connectivity index (χ3v) is 9.29. The van der Waals surface area contributed by atoms with E-state index in [-0.39, 0.29) is 16.9 Å². The number of aryl methyl sites for hydroxylation is 2. The number of anilines is 2. The fourth-order valence-electron chi connectivity index (χ4n) is 5.74. The van der Waals surface area contributed by atoms with Crippen molar-refractivity contribution in [3.05, 3.63) is 88.5 Å². The van der Waals surface area contributed by atoms with Gasteiger partial charge in [0.05, 0.1) is 29.7 Å². The largest absolute Gasteiger partial charge is 0.465 e. The number of nitrogens with one attached hydrogen (secondary N) is 2. The van der Waals surface area contributed by atoms with Crippen molar-refractivity contribution in [1.29, 1.82) is 0 Å². The molecule has 1 fully saturated rings. The van der Waals surface area contributed by atoms with Gasteiger partial charge in [0, 0.05) is 23.8 Å². The van der Waals surface area contributed by atoms with Crippen LogP contribution in [-0.2, 0) is 19.5 Å². The number of nitrogens with zero attached hydrogens (tertiary/aromatic N) is 1. The first-order chi connectivity index (χ1) is 19.8. The number of esters is 1. The van der Waals surface area contributed by atoms with E-state index in [0.717, 1.165) is 22.4 Å². The van der Waals surface area contributed by atoms with Crippen molar-refractivity contribution >= 4 is 33.5 Å². The predicted octanol–water partition coefficient (Wildman–Crippen LogP) is 6.36. The fraction of sp³-hybridized carbons (Fsp3) is 0.375. The minimum absolute atomic E-state index is 0.0698. The Hall–Kier alpha value is -4.05. The number of benzene rings is 3. The Labute approximate surface area is 247 Å². The molecule has 0 saturated carbocycles. The molecule has 1 amide bonds. The molecule has 222 valence electrons. The van der Waals surface area contributed by atoms with Crippen LogP contribution in [0.25, 0.3) is 0 Å². The average Bonchev–Trinajstić information content (AvgIpc) is 3.39. The van der Waals surface area contributed by atoms with Crippen LogP contribution in [0.2, 0.25) is 0 Å². The molecule has 5 rings (SSSR count). The lowest BCUT2D eigenvalue weighted by Gasteiger charge is -2.40. The number of hydrogen-bond donors (Lipinski definition) is 2. The molecule has 1 unspecified atom stereocenters. The van der Waals surface area contributed by atoms with E-state index in [1.54, 1.807) is 47.4 Å². The third kappa shape index (κ3) is 5.81. The summed E-state index contributed by atoms with van der Waals surface area (Å²) >= 11 is 0. The number of likely N-dealkylation sites (tertiary alicyclic amines) is 1. The topological polar surface area (TPSA) is 114 Å². The highest BCUT2D eigenvalue weighted by molar-refractivity contribution is 7.92. The van der Waals surface area contributed by atoms with Gasteiger partial charge in [-0.1, -0.05) is 18.2 Å². The Balaban J connectivity index is 1.54. The van der Waals surface area contributed by atoms with Crippen LogP contribution in [0.3, 0.4) is 0 Å². The number of amides is 1. The second-order valence-electron chi connectivity index (χ2n) is 12.0. The number of sulfonamides is 1. The number of carbonyl (C=O) groups is 2. The van der Waals surface area contributed by atoms with Crippen LogP contribution >= 0.6 is 0 Å². The van der Waals surface area contributed by atoms with Crippen LogP contribution in [0.1, 0.15) is 71.9 Å². The van der Waals surface area contributed by atoms with E-state index >= 15 is 0 Å². The summed E-state index contributed by atoms with van der Waals surface area (Å²) in [6.45, 7) is 9.83. The van der Waals surface area contributed by atoms with Gasteiger partial charge in [-0.15, -0.1) is 0 Å². The van der Waals surface area contributed by atoms with Gasteiger partial charge in [0.25, 0.3) is 10.0 Å². The highest BCUT2D eigenvalue weighted by Gasteiger charge is 2.47. The molecule has 0 spiro atoms. The Morgan fingerprint density at radius 1 is 0.976 bits per heavy atom. The van der Waals surface area contributed by atoms with Gasteiger partial charge >= 0.3 is 12.1 Å². The van der Waals surface area contributed by atoms with Gasteiger partial charge in [-0.25, -0.2) is 18.0 Å². The van der Waals surface area contributed by atoms with Crippen molar-refractivity contribution in [3.8, 4) is 0 Å². The second kappa shape index (κ2) is 11.0. The molecule has 42 heavy (non-hydrogen) atoms. The lowest BCUT2D eigenvalue weighted by Crippen LogP contribution is -2.40. The Bertz CT molecular complexity index is 1630. The molecule has 2 heterocycles. The van der Waals surface area contributed by atoms with Gasteiger partial charge in [-0.3, -0.25) is 4.72 Å². The number of methoxy groups -OCH3 is 1. The van der Waals surface area contributed by atoms with Gasteiger partial charge < -0.3 is 19.7 Å². The molecule has 2 aliphatic heterocycles. The second-order valence-corrected chi connectivity index (χ2v) is 13.6. The molecule has 2 N–H and O–H groups in total. The van der Waals surface area contributed by atoms with Gasteiger partial charge in [0.2, 0.25) is 0 Å². The number of rotatable bonds is 5. The SMILES string of the molecule is COC(=O)c1ccc(C2Nc3ccc(S(=O)(=O)Nc4ccc(C)c(C)c4)cc3[C@@H]3[C@H]2CCN3C(=O)OC(C)(C)C)cc1. The molecule has 10 heteroatoms. The van der Waals surface area contributed by atoms with Gasteiger partial charge in [-0.05, 0) is 106 Å². The van der Waals surface area contributed by atoms with Crippen LogP contribution in [0.5, 0.6) is 0 Å². The zero-order valence-electron chi connectivity index (χ0n) is 24.7. The van der Waals surface area contributed by atoms with Gasteiger partial charge in [0.15, 0.2) is 0 Å². The first kappa shape index (κ1) is 29.4. The lowest BCUT2D eigenvalue weighted by atomic mass is 9.80. The van der Waals surface area contributed by atoms with Crippen molar-refractivity contribution in [2.75, 3.05) is 23.7 Å². The average molecular weight is 592 g/mol. The van der Waals surface area contributed by atoms with Crippen LogP contribution in [-0.4, -0.2) is 44.6 Å². The van der Waals surface area contributed by atoms with Crippen molar-refractivity contribution < 1.29 is 27.5 Å². The van der Waals surface area contributed by atoms with Crippen LogP contribution in [0.4, 0.5) is 16.2 Å². The number of hydrogen-bond acceptors (Lipinski definition) is 7. The smallest absolute Gasteiger partial charge is 0.410 e.